The molecule has 75 heavy (non-hydrogen) atoms. The summed E-state index contributed by atoms with van der Waals surface area (Å²) in [5.74, 6) is 0. The van der Waals surface area contributed by atoms with Crippen molar-refractivity contribution >= 4 is 38.6 Å². The van der Waals surface area contributed by atoms with Crippen molar-refractivity contribution in [2.24, 2.45) is 0 Å². The fourth-order valence-electron chi connectivity index (χ4n) is 11.2. The first-order chi connectivity index (χ1) is 37.2. The summed E-state index contributed by atoms with van der Waals surface area (Å²) in [4.78, 5) is 2.41. The molecule has 0 atom stereocenters. The molecule has 0 aliphatic rings. The molecule has 352 valence electrons. The molecule has 13 aromatic carbocycles. The van der Waals surface area contributed by atoms with E-state index in [1.807, 2.05) is 0 Å². The van der Waals surface area contributed by atoms with Crippen molar-refractivity contribution in [1.82, 2.24) is 0 Å². The molecule has 0 aliphatic carbocycles. The Kier molecular flexibility index (Phi) is 12.0. The van der Waals surface area contributed by atoms with E-state index in [-0.39, 0.29) is 0 Å². The predicted molar refractivity (Wildman–Crippen MR) is 320 cm³/mol. The highest BCUT2D eigenvalue weighted by atomic mass is 15.1. The van der Waals surface area contributed by atoms with Crippen LogP contribution in [-0.4, -0.2) is 0 Å². The average Bonchev–Trinajstić information content (AvgIpc) is 3.51. The molecule has 1 nitrogen and oxygen atoms in total. The molecule has 0 heterocycles. The Balaban J connectivity index is 0.981. The number of benzene rings is 13. The summed E-state index contributed by atoms with van der Waals surface area (Å²) in [6.07, 6.45) is 0. The maximum Gasteiger partial charge on any atom is 0.0468 e. The van der Waals surface area contributed by atoms with Crippen molar-refractivity contribution in [2.75, 3.05) is 4.90 Å². The Bertz CT molecular complexity index is 4100. The number of fused-ring (bicyclic) bond motifs is 3. The number of hydrogen-bond acceptors (Lipinski definition) is 1. The first-order valence-electron chi connectivity index (χ1n) is 25.8. The van der Waals surface area contributed by atoms with Gasteiger partial charge in [-0.05, 0) is 153 Å². The lowest BCUT2D eigenvalue weighted by Crippen LogP contribution is -2.10. The zero-order valence-electron chi connectivity index (χ0n) is 41.4. The largest absolute Gasteiger partial charge is 0.310 e. The molecule has 13 aromatic rings. The summed E-state index contributed by atoms with van der Waals surface area (Å²) in [5, 5.41) is 4.98. The Hall–Kier alpha value is -9.82. The first kappa shape index (κ1) is 45.1. The van der Waals surface area contributed by atoms with Gasteiger partial charge in [-0.25, -0.2) is 0 Å². The van der Waals surface area contributed by atoms with Gasteiger partial charge in [-0.1, -0.05) is 267 Å². The second-order valence-electron chi connectivity index (χ2n) is 19.1. The van der Waals surface area contributed by atoms with Crippen LogP contribution in [0.5, 0.6) is 0 Å². The minimum absolute atomic E-state index is 1.06. The number of anilines is 3. The van der Waals surface area contributed by atoms with E-state index in [9.17, 15) is 0 Å². The Morgan fingerprint density at radius 1 is 0.173 bits per heavy atom. The van der Waals surface area contributed by atoms with Gasteiger partial charge >= 0.3 is 0 Å². The van der Waals surface area contributed by atoms with Gasteiger partial charge in [-0.2, -0.15) is 0 Å². The minimum Gasteiger partial charge on any atom is -0.310 e. The highest BCUT2D eigenvalue weighted by molar-refractivity contribution is 6.25. The van der Waals surface area contributed by atoms with Gasteiger partial charge in [0.15, 0.2) is 0 Å². The molecule has 0 fully saturated rings. The van der Waals surface area contributed by atoms with Crippen LogP contribution in [0.25, 0.3) is 111 Å². The quantitative estimate of drug-likeness (QED) is 0.117. The molecule has 13 rings (SSSR count). The van der Waals surface area contributed by atoms with Crippen LogP contribution in [-0.2, 0) is 0 Å². The van der Waals surface area contributed by atoms with Crippen LogP contribution in [0.2, 0.25) is 0 Å². The summed E-state index contributed by atoms with van der Waals surface area (Å²) in [6.45, 7) is 0. The van der Waals surface area contributed by atoms with E-state index in [0.29, 0.717) is 0 Å². The normalized spacial score (nSPS) is 11.2. The summed E-state index contributed by atoms with van der Waals surface area (Å²) >= 11 is 0. The summed E-state index contributed by atoms with van der Waals surface area (Å²) < 4.78 is 0. The molecule has 0 aromatic heterocycles. The lowest BCUT2D eigenvalue weighted by atomic mass is 9.82. The summed E-state index contributed by atoms with van der Waals surface area (Å²) in [7, 11) is 0. The van der Waals surface area contributed by atoms with Crippen molar-refractivity contribution < 1.29 is 0 Å². The molecule has 0 saturated heterocycles. The molecule has 0 amide bonds. The van der Waals surface area contributed by atoms with Crippen molar-refractivity contribution in [3.8, 4) is 89.0 Å². The van der Waals surface area contributed by atoms with Gasteiger partial charge in [0.25, 0.3) is 0 Å². The van der Waals surface area contributed by atoms with Crippen LogP contribution in [0, 0.1) is 0 Å². The molecule has 0 radical (unpaired) electrons. The molecule has 0 bridgehead atoms. The second-order valence-corrected chi connectivity index (χ2v) is 19.1. The SMILES string of the molecule is c1ccc(-c2ccc(-c3ccc(N(c4ccc(-c5cccc6c5c(-c5ccccc5)c(-c5ccccc5)c5ccccc56)cc4)c4ccc(-c5ccccc5)c(-c5ccccc5)c4)cc3)c(-c3ccccc3)c2)cc1. The molecule has 0 saturated carbocycles. The third-order valence-electron chi connectivity index (χ3n) is 14.7. The van der Waals surface area contributed by atoms with E-state index in [4.69, 9.17) is 0 Å². The van der Waals surface area contributed by atoms with E-state index >= 15 is 0 Å². The van der Waals surface area contributed by atoms with Crippen molar-refractivity contribution in [3.05, 3.63) is 309 Å². The molecular formula is C74H51N. The van der Waals surface area contributed by atoms with Gasteiger partial charge in [0.2, 0.25) is 0 Å². The lowest BCUT2D eigenvalue weighted by molar-refractivity contribution is 1.28. The minimum atomic E-state index is 1.06. The zero-order valence-corrected chi connectivity index (χ0v) is 41.4. The number of hydrogen-bond donors (Lipinski definition) is 0. The van der Waals surface area contributed by atoms with E-state index < -0.39 is 0 Å². The maximum atomic E-state index is 2.41. The van der Waals surface area contributed by atoms with Crippen LogP contribution < -0.4 is 4.90 Å². The van der Waals surface area contributed by atoms with Crippen molar-refractivity contribution in [3.63, 3.8) is 0 Å². The first-order valence-corrected chi connectivity index (χ1v) is 25.8. The van der Waals surface area contributed by atoms with Gasteiger partial charge in [-0.3, -0.25) is 0 Å². The third kappa shape index (κ3) is 8.67. The van der Waals surface area contributed by atoms with Crippen LogP contribution in [0.1, 0.15) is 0 Å². The maximum absolute atomic E-state index is 2.41. The van der Waals surface area contributed by atoms with Gasteiger partial charge in [0.1, 0.15) is 0 Å². The highest BCUT2D eigenvalue weighted by Crippen LogP contribution is 2.49. The van der Waals surface area contributed by atoms with Crippen LogP contribution in [0.3, 0.4) is 0 Å². The van der Waals surface area contributed by atoms with Crippen LogP contribution in [0.4, 0.5) is 17.1 Å². The Labute approximate surface area is 439 Å². The molecule has 0 N–H and O–H groups in total. The Morgan fingerprint density at radius 2 is 0.533 bits per heavy atom. The monoisotopic (exact) mass is 953 g/mol. The third-order valence-corrected chi connectivity index (χ3v) is 14.7. The van der Waals surface area contributed by atoms with E-state index in [1.165, 1.54) is 99.4 Å². The summed E-state index contributed by atoms with van der Waals surface area (Å²) in [5.41, 5.74) is 22.3. The number of rotatable bonds is 11. The molecule has 0 spiro atoms. The number of nitrogens with zero attached hydrogens (tertiary/aromatic N) is 1. The predicted octanol–water partition coefficient (Wildman–Crippen LogP) is 20.8. The summed E-state index contributed by atoms with van der Waals surface area (Å²) in [6, 6.07) is 113. The Morgan fingerprint density at radius 3 is 1.07 bits per heavy atom. The van der Waals surface area contributed by atoms with E-state index in [1.54, 1.807) is 0 Å². The topological polar surface area (TPSA) is 3.24 Å². The van der Waals surface area contributed by atoms with Crippen LogP contribution in [0.15, 0.2) is 309 Å². The van der Waals surface area contributed by atoms with Gasteiger partial charge < -0.3 is 4.90 Å². The van der Waals surface area contributed by atoms with Crippen molar-refractivity contribution in [1.29, 1.82) is 0 Å². The zero-order chi connectivity index (χ0) is 49.9. The van der Waals surface area contributed by atoms with Crippen molar-refractivity contribution in [2.45, 2.75) is 0 Å². The molecular weight excluding hydrogens is 903 g/mol. The van der Waals surface area contributed by atoms with Gasteiger partial charge in [-0.15, -0.1) is 0 Å². The fourth-order valence-corrected chi connectivity index (χ4v) is 11.2. The van der Waals surface area contributed by atoms with E-state index in [0.717, 1.165) is 28.2 Å². The molecule has 0 aliphatic heterocycles. The molecule has 1 heteroatoms. The fraction of sp³-hybridized carbons (Fsp3) is 0. The lowest BCUT2D eigenvalue weighted by Gasteiger charge is -2.27. The second kappa shape index (κ2) is 20.0. The highest BCUT2D eigenvalue weighted by Gasteiger charge is 2.22. The smallest absolute Gasteiger partial charge is 0.0468 e. The van der Waals surface area contributed by atoms with Gasteiger partial charge in [0, 0.05) is 17.1 Å². The van der Waals surface area contributed by atoms with E-state index in [2.05, 4.69) is 314 Å². The van der Waals surface area contributed by atoms with Gasteiger partial charge in [0.05, 0.1) is 0 Å². The standard InChI is InChI=1S/C74H51N/c1-7-22-52(23-8-1)60-42-48-64(70(50-60)54-26-11-3-12-27-54)56-38-43-61(44-39-56)75(63-47-49-65(53-24-9-2-10-25-53)71(51-63)55-28-13-4-14-29-55)62-45-40-57(41-46-62)66-36-21-37-69-67-34-19-20-35-68(67)72(58-30-15-5-16-31-58)73(74(66)69)59-32-17-6-18-33-59/h1-51H. The molecule has 0 unspecified atom stereocenters. The average molecular weight is 954 g/mol. The van der Waals surface area contributed by atoms with Crippen LogP contribution >= 0.6 is 0 Å².